The summed E-state index contributed by atoms with van der Waals surface area (Å²) in [6.45, 7) is 0.666. The zero-order chi connectivity index (χ0) is 40.8. The SMILES string of the molecule is CCCCCCCCCCCCCCCCCC(=O)N(CCCCCCCCCCC(=O)O)C[C@H](O)[C@@H](O)[C@H](O[C@@H]1O[C@H](CO)[C@H](O)[C@H](O)[C@H]1O)[C@H](O)CO. The van der Waals surface area contributed by atoms with Crippen LogP contribution in [0.5, 0.6) is 0 Å². The van der Waals surface area contributed by atoms with Crippen LogP contribution in [0, 0.1) is 0 Å². The van der Waals surface area contributed by atoms with E-state index in [1.165, 1.54) is 75.5 Å². The van der Waals surface area contributed by atoms with Crippen molar-refractivity contribution in [1.82, 2.24) is 4.90 Å². The van der Waals surface area contributed by atoms with Crippen molar-refractivity contribution < 1.29 is 65.0 Å². The number of hydrogen-bond donors (Lipinski definition) is 9. The van der Waals surface area contributed by atoms with Crippen molar-refractivity contribution in [3.05, 3.63) is 0 Å². The van der Waals surface area contributed by atoms with Gasteiger partial charge in [0.05, 0.1) is 13.2 Å². The smallest absolute Gasteiger partial charge is 0.303 e. The van der Waals surface area contributed by atoms with Crippen molar-refractivity contribution in [2.75, 3.05) is 26.3 Å². The summed E-state index contributed by atoms with van der Waals surface area (Å²) in [7, 11) is 0. The van der Waals surface area contributed by atoms with Gasteiger partial charge in [-0.25, -0.2) is 0 Å². The zero-order valence-corrected chi connectivity index (χ0v) is 33.8. The number of nitrogens with zero attached hydrogens (tertiary/aromatic N) is 1. The number of aliphatic hydroxyl groups excluding tert-OH is 8. The third-order valence-corrected chi connectivity index (χ3v) is 10.8. The fraction of sp³-hybridized carbons (Fsp3) is 0.951. The Labute approximate surface area is 330 Å². The molecule has 14 heteroatoms. The van der Waals surface area contributed by atoms with Crippen LogP contribution in [0.15, 0.2) is 0 Å². The van der Waals surface area contributed by atoms with Crippen molar-refractivity contribution in [2.45, 2.75) is 223 Å². The molecule has 0 aromatic heterocycles. The largest absolute Gasteiger partial charge is 0.481 e. The highest BCUT2D eigenvalue weighted by atomic mass is 16.7. The monoisotopic (exact) mass is 794 g/mol. The Morgan fingerprint density at radius 1 is 0.618 bits per heavy atom. The second-order valence-electron chi connectivity index (χ2n) is 15.6. The van der Waals surface area contributed by atoms with Crippen molar-refractivity contribution >= 4 is 11.9 Å². The highest BCUT2D eigenvalue weighted by Gasteiger charge is 2.47. The lowest BCUT2D eigenvalue weighted by Crippen LogP contribution is -2.61. The molecule has 9 N–H and O–H groups in total. The van der Waals surface area contributed by atoms with Crippen LogP contribution in [0.1, 0.15) is 167 Å². The molecule has 1 amide bonds. The van der Waals surface area contributed by atoms with Crippen LogP contribution in [-0.4, -0.2) is 144 Å². The van der Waals surface area contributed by atoms with E-state index in [1.807, 2.05) is 0 Å². The number of amides is 1. The van der Waals surface area contributed by atoms with Gasteiger partial charge in [-0.3, -0.25) is 9.59 Å². The minimum absolute atomic E-state index is 0.173. The van der Waals surface area contributed by atoms with E-state index in [0.29, 0.717) is 25.8 Å². The van der Waals surface area contributed by atoms with Gasteiger partial charge in [0.15, 0.2) is 6.29 Å². The predicted molar refractivity (Wildman–Crippen MR) is 209 cm³/mol. The van der Waals surface area contributed by atoms with Gasteiger partial charge in [-0.15, -0.1) is 0 Å². The zero-order valence-electron chi connectivity index (χ0n) is 33.8. The molecule has 0 bridgehead atoms. The van der Waals surface area contributed by atoms with E-state index in [4.69, 9.17) is 14.6 Å². The topological polar surface area (TPSA) is 238 Å². The van der Waals surface area contributed by atoms with Crippen LogP contribution in [0.25, 0.3) is 0 Å². The average molecular weight is 794 g/mol. The molecule has 0 aliphatic carbocycles. The molecule has 0 radical (unpaired) electrons. The number of carbonyl (C=O) groups is 2. The first-order valence-corrected chi connectivity index (χ1v) is 21.6. The Hall–Kier alpha value is -1.46. The molecule has 1 rings (SSSR count). The first-order chi connectivity index (χ1) is 26.5. The fourth-order valence-electron chi connectivity index (χ4n) is 7.15. The number of carbonyl (C=O) groups excluding carboxylic acids is 1. The van der Waals surface area contributed by atoms with Gasteiger partial charge in [-0.05, 0) is 19.3 Å². The van der Waals surface area contributed by atoms with Gasteiger partial charge in [0, 0.05) is 25.9 Å². The first-order valence-electron chi connectivity index (χ1n) is 21.6. The third-order valence-electron chi connectivity index (χ3n) is 10.8. The van der Waals surface area contributed by atoms with Gasteiger partial charge in [0.1, 0.15) is 48.8 Å². The van der Waals surface area contributed by atoms with Crippen LogP contribution >= 0.6 is 0 Å². The Morgan fingerprint density at radius 3 is 1.53 bits per heavy atom. The molecule has 0 saturated carbocycles. The van der Waals surface area contributed by atoms with E-state index >= 15 is 0 Å². The molecular formula is C41H79NO13. The Balaban J connectivity index is 2.66. The van der Waals surface area contributed by atoms with Crippen LogP contribution in [-0.2, 0) is 19.1 Å². The van der Waals surface area contributed by atoms with E-state index in [1.54, 1.807) is 0 Å². The molecule has 0 aromatic carbocycles. The molecule has 14 nitrogen and oxygen atoms in total. The summed E-state index contributed by atoms with van der Waals surface area (Å²) in [5, 5.41) is 91.4. The first kappa shape index (κ1) is 51.6. The molecule has 1 aliphatic rings. The molecule has 326 valence electrons. The number of unbranched alkanes of at least 4 members (excludes halogenated alkanes) is 21. The van der Waals surface area contributed by atoms with E-state index in [9.17, 15) is 50.4 Å². The van der Waals surface area contributed by atoms with Crippen molar-refractivity contribution in [3.8, 4) is 0 Å². The van der Waals surface area contributed by atoms with Gasteiger partial charge >= 0.3 is 5.97 Å². The molecule has 0 spiro atoms. The van der Waals surface area contributed by atoms with Crippen LogP contribution in [0.3, 0.4) is 0 Å². The summed E-state index contributed by atoms with van der Waals surface area (Å²) < 4.78 is 10.9. The summed E-state index contributed by atoms with van der Waals surface area (Å²) in [5.41, 5.74) is 0. The number of hydrogen-bond acceptors (Lipinski definition) is 12. The second kappa shape index (κ2) is 32.5. The number of aliphatic carboxylic acids is 1. The van der Waals surface area contributed by atoms with Gasteiger partial charge < -0.3 is 60.3 Å². The number of carboxylic acids is 1. The van der Waals surface area contributed by atoms with Crippen molar-refractivity contribution in [3.63, 3.8) is 0 Å². The summed E-state index contributed by atoms with van der Waals surface area (Å²) in [6, 6.07) is 0. The van der Waals surface area contributed by atoms with Crippen LogP contribution < -0.4 is 0 Å². The Morgan fingerprint density at radius 2 is 1.07 bits per heavy atom. The van der Waals surface area contributed by atoms with Crippen LogP contribution in [0.4, 0.5) is 0 Å². The van der Waals surface area contributed by atoms with E-state index in [0.717, 1.165) is 57.8 Å². The standard InChI is InChI=1S/C41H79NO13/c1-2-3-4-5-6-7-8-9-10-11-12-13-16-19-22-25-34(47)42(27-24-21-18-15-14-17-20-23-26-35(48)49)28-31(45)36(50)40(32(46)29-43)55-41-39(53)38(52)37(51)33(30-44)54-41/h31-33,36-41,43-46,50-53H,2-30H2,1H3,(H,48,49)/t31-,32+,33+,36+,37-,38-,39+,40+,41-/m0/s1. The maximum absolute atomic E-state index is 13.4. The lowest BCUT2D eigenvalue weighted by molar-refractivity contribution is -0.327. The molecule has 55 heavy (non-hydrogen) atoms. The van der Waals surface area contributed by atoms with Crippen molar-refractivity contribution in [2.24, 2.45) is 0 Å². The average Bonchev–Trinajstić information content (AvgIpc) is 3.17. The minimum atomic E-state index is -1.86. The molecule has 1 saturated heterocycles. The fourth-order valence-corrected chi connectivity index (χ4v) is 7.15. The normalized spacial score (nSPS) is 22.3. The van der Waals surface area contributed by atoms with E-state index in [-0.39, 0.29) is 25.3 Å². The Kier molecular flexibility index (Phi) is 30.5. The molecule has 9 atom stereocenters. The highest BCUT2D eigenvalue weighted by Crippen LogP contribution is 2.25. The molecule has 1 aliphatic heterocycles. The number of aliphatic hydroxyl groups is 8. The Bertz CT molecular complexity index is 944. The summed E-state index contributed by atoms with van der Waals surface area (Å²) >= 11 is 0. The second-order valence-corrected chi connectivity index (χ2v) is 15.6. The molecule has 0 unspecified atom stereocenters. The highest BCUT2D eigenvalue weighted by molar-refractivity contribution is 5.76. The summed E-state index contributed by atoms with van der Waals surface area (Å²) in [6.07, 6.45) is 10.2. The van der Waals surface area contributed by atoms with Gasteiger partial charge in [-0.2, -0.15) is 0 Å². The number of rotatable bonds is 36. The van der Waals surface area contributed by atoms with Gasteiger partial charge in [-0.1, -0.05) is 135 Å². The minimum Gasteiger partial charge on any atom is -0.481 e. The van der Waals surface area contributed by atoms with Crippen molar-refractivity contribution in [1.29, 1.82) is 0 Å². The number of ether oxygens (including phenoxy) is 2. The van der Waals surface area contributed by atoms with E-state index < -0.39 is 74.3 Å². The number of carboxylic acid groups (broad SMARTS) is 1. The molecular weight excluding hydrogens is 714 g/mol. The summed E-state index contributed by atoms with van der Waals surface area (Å²) in [4.78, 5) is 25.6. The van der Waals surface area contributed by atoms with Gasteiger partial charge in [0.2, 0.25) is 5.91 Å². The predicted octanol–water partition coefficient (Wildman–Crippen LogP) is 3.93. The van der Waals surface area contributed by atoms with E-state index in [2.05, 4.69) is 6.92 Å². The molecule has 0 aromatic rings. The maximum Gasteiger partial charge on any atom is 0.303 e. The summed E-state index contributed by atoms with van der Waals surface area (Å²) in [5.74, 6) is -0.953. The molecule has 1 heterocycles. The lowest BCUT2D eigenvalue weighted by Gasteiger charge is -2.42. The third kappa shape index (κ3) is 22.9. The lowest BCUT2D eigenvalue weighted by atomic mass is 9.98. The molecule has 1 fully saturated rings. The quantitative estimate of drug-likeness (QED) is 0.0410. The van der Waals surface area contributed by atoms with Crippen LogP contribution in [0.2, 0.25) is 0 Å². The van der Waals surface area contributed by atoms with Gasteiger partial charge in [0.25, 0.3) is 0 Å². The maximum atomic E-state index is 13.4.